The maximum Gasteiger partial charge on any atom is 0.263 e. The number of carbonyl (C=O) groups is 1. The second-order valence-electron chi connectivity index (χ2n) is 5.68. The largest absolute Gasteiger partial charge is 0.360 e. The molecule has 4 aromatic rings. The van der Waals surface area contributed by atoms with Gasteiger partial charge in [-0.15, -0.1) is 11.3 Å². The number of hydrogen-bond donors (Lipinski definition) is 1. The van der Waals surface area contributed by atoms with E-state index in [9.17, 15) is 9.18 Å². The Balaban J connectivity index is 1.60. The van der Waals surface area contributed by atoms with Crippen LogP contribution in [-0.2, 0) is 0 Å². The number of hydrogen-bond acceptors (Lipinski definition) is 6. The smallest absolute Gasteiger partial charge is 0.263 e. The van der Waals surface area contributed by atoms with E-state index >= 15 is 0 Å². The van der Waals surface area contributed by atoms with Crippen LogP contribution in [0.5, 0.6) is 0 Å². The molecular weight excluding hydrogens is 367 g/mol. The molecule has 0 bridgehead atoms. The van der Waals surface area contributed by atoms with Gasteiger partial charge in [0.1, 0.15) is 28.5 Å². The summed E-state index contributed by atoms with van der Waals surface area (Å²) in [7, 11) is 0. The Hall–Kier alpha value is -3.39. The highest BCUT2D eigenvalue weighted by Gasteiger charge is 2.22. The third kappa shape index (κ3) is 3.47. The van der Waals surface area contributed by atoms with Crippen molar-refractivity contribution in [1.82, 2.24) is 15.1 Å². The van der Waals surface area contributed by atoms with Gasteiger partial charge in [0.25, 0.3) is 5.91 Å². The molecule has 27 heavy (non-hydrogen) atoms. The molecule has 1 N–H and O–H groups in total. The van der Waals surface area contributed by atoms with Gasteiger partial charge < -0.3 is 4.52 Å². The first kappa shape index (κ1) is 17.0. The minimum Gasteiger partial charge on any atom is -0.360 e. The molecule has 1 amide bonds. The Morgan fingerprint density at radius 3 is 2.70 bits per heavy atom. The first-order chi connectivity index (χ1) is 13.1. The molecule has 8 heteroatoms. The Morgan fingerprint density at radius 2 is 1.96 bits per heavy atom. The summed E-state index contributed by atoms with van der Waals surface area (Å²) >= 11 is 1.30. The molecule has 3 aromatic heterocycles. The summed E-state index contributed by atoms with van der Waals surface area (Å²) in [5.74, 6) is -0.391. The Labute approximate surface area is 157 Å². The van der Waals surface area contributed by atoms with Gasteiger partial charge in [0, 0.05) is 17.1 Å². The zero-order chi connectivity index (χ0) is 18.8. The number of nitrogens with zero attached hydrogens (tertiary/aromatic N) is 3. The van der Waals surface area contributed by atoms with E-state index in [2.05, 4.69) is 20.4 Å². The standard InChI is InChI=1S/C19H13FN4O2S/c1-11-16(17(24-26-11)12-5-7-13(20)8-6-12)18(25)23-19-22-15(10-27-19)14-4-2-3-9-21-14/h2-10H,1H3,(H,22,23,25). The van der Waals surface area contributed by atoms with Gasteiger partial charge in [0.2, 0.25) is 0 Å². The summed E-state index contributed by atoms with van der Waals surface area (Å²) in [5.41, 5.74) is 2.63. The minimum atomic E-state index is -0.394. The average molecular weight is 380 g/mol. The van der Waals surface area contributed by atoms with Gasteiger partial charge in [-0.1, -0.05) is 11.2 Å². The molecule has 6 nitrogen and oxygen atoms in total. The van der Waals surface area contributed by atoms with Crippen molar-refractivity contribution < 1.29 is 13.7 Å². The van der Waals surface area contributed by atoms with E-state index in [0.29, 0.717) is 27.8 Å². The molecule has 0 aliphatic heterocycles. The Bertz CT molecular complexity index is 1090. The van der Waals surface area contributed by atoms with Gasteiger partial charge in [-0.3, -0.25) is 15.1 Å². The molecule has 0 atom stereocenters. The molecule has 3 heterocycles. The second kappa shape index (κ2) is 7.08. The van der Waals surface area contributed by atoms with E-state index in [1.807, 2.05) is 23.6 Å². The normalized spacial score (nSPS) is 10.7. The second-order valence-corrected chi connectivity index (χ2v) is 6.53. The van der Waals surface area contributed by atoms with Gasteiger partial charge in [-0.05, 0) is 43.3 Å². The molecule has 0 saturated carbocycles. The molecule has 4 rings (SSSR count). The lowest BCUT2D eigenvalue weighted by molar-refractivity contribution is 0.102. The SMILES string of the molecule is Cc1onc(-c2ccc(F)cc2)c1C(=O)Nc1nc(-c2ccccn2)cs1. The third-order valence-corrected chi connectivity index (χ3v) is 4.62. The highest BCUT2D eigenvalue weighted by atomic mass is 32.1. The van der Waals surface area contributed by atoms with E-state index in [-0.39, 0.29) is 11.4 Å². The number of halogens is 1. The van der Waals surface area contributed by atoms with Crippen molar-refractivity contribution >= 4 is 22.4 Å². The predicted molar refractivity (Wildman–Crippen MR) is 99.9 cm³/mol. The minimum absolute atomic E-state index is 0.288. The highest BCUT2D eigenvalue weighted by molar-refractivity contribution is 7.14. The van der Waals surface area contributed by atoms with Crippen LogP contribution in [0.15, 0.2) is 58.6 Å². The first-order valence-electron chi connectivity index (χ1n) is 8.02. The number of aryl methyl sites for hydroxylation is 1. The van der Waals surface area contributed by atoms with Crippen LogP contribution < -0.4 is 5.32 Å². The quantitative estimate of drug-likeness (QED) is 0.561. The van der Waals surface area contributed by atoms with E-state index in [1.54, 1.807) is 25.3 Å². The summed E-state index contributed by atoms with van der Waals surface area (Å²) in [4.78, 5) is 21.4. The average Bonchev–Trinajstić information content (AvgIpc) is 3.30. The van der Waals surface area contributed by atoms with Crippen molar-refractivity contribution in [3.63, 3.8) is 0 Å². The molecule has 134 valence electrons. The summed E-state index contributed by atoms with van der Waals surface area (Å²) < 4.78 is 18.3. The molecule has 0 aliphatic rings. The van der Waals surface area contributed by atoms with Crippen molar-refractivity contribution in [2.75, 3.05) is 5.32 Å². The van der Waals surface area contributed by atoms with Crippen LogP contribution in [0, 0.1) is 12.7 Å². The Morgan fingerprint density at radius 1 is 1.15 bits per heavy atom. The van der Waals surface area contributed by atoms with E-state index in [1.165, 1.54) is 23.5 Å². The molecule has 0 aliphatic carbocycles. The van der Waals surface area contributed by atoms with Crippen LogP contribution in [0.25, 0.3) is 22.6 Å². The highest BCUT2D eigenvalue weighted by Crippen LogP contribution is 2.28. The Kier molecular flexibility index (Phi) is 4.47. The number of amides is 1. The maximum atomic E-state index is 13.2. The van der Waals surface area contributed by atoms with Crippen LogP contribution >= 0.6 is 11.3 Å². The summed E-state index contributed by atoms with van der Waals surface area (Å²) in [6.07, 6.45) is 1.68. The van der Waals surface area contributed by atoms with E-state index < -0.39 is 5.91 Å². The molecule has 0 radical (unpaired) electrons. The fourth-order valence-electron chi connectivity index (χ4n) is 2.57. The van der Waals surface area contributed by atoms with Crippen molar-refractivity contribution in [2.24, 2.45) is 0 Å². The lowest BCUT2D eigenvalue weighted by atomic mass is 10.1. The molecule has 0 unspecified atom stereocenters. The van der Waals surface area contributed by atoms with Gasteiger partial charge in [0.15, 0.2) is 5.13 Å². The fraction of sp³-hybridized carbons (Fsp3) is 0.0526. The lowest BCUT2D eigenvalue weighted by Crippen LogP contribution is -2.13. The topological polar surface area (TPSA) is 80.9 Å². The van der Waals surface area contributed by atoms with Crippen LogP contribution in [0.4, 0.5) is 9.52 Å². The summed E-state index contributed by atoms with van der Waals surface area (Å²) in [6.45, 7) is 1.65. The number of nitrogens with one attached hydrogen (secondary N) is 1. The van der Waals surface area contributed by atoms with Gasteiger partial charge in [-0.2, -0.15) is 0 Å². The van der Waals surface area contributed by atoms with Crippen LogP contribution in [0.1, 0.15) is 16.1 Å². The molecule has 1 aromatic carbocycles. The van der Waals surface area contributed by atoms with E-state index in [0.717, 1.165) is 5.69 Å². The lowest BCUT2D eigenvalue weighted by Gasteiger charge is -2.03. The number of thiazole rings is 1. The zero-order valence-electron chi connectivity index (χ0n) is 14.1. The molecule has 0 spiro atoms. The number of carbonyl (C=O) groups excluding carboxylic acids is 1. The van der Waals surface area contributed by atoms with Crippen LogP contribution in [0.3, 0.4) is 0 Å². The predicted octanol–water partition coefficient (Wildman–Crippen LogP) is 4.56. The first-order valence-corrected chi connectivity index (χ1v) is 8.90. The van der Waals surface area contributed by atoms with Gasteiger partial charge >= 0.3 is 0 Å². The number of pyridine rings is 1. The monoisotopic (exact) mass is 380 g/mol. The van der Waals surface area contributed by atoms with Gasteiger partial charge in [-0.25, -0.2) is 9.37 Å². The third-order valence-electron chi connectivity index (χ3n) is 3.86. The maximum absolute atomic E-state index is 13.2. The van der Waals surface area contributed by atoms with Crippen molar-refractivity contribution in [3.05, 3.63) is 71.2 Å². The number of benzene rings is 1. The number of rotatable bonds is 4. The van der Waals surface area contributed by atoms with Gasteiger partial charge in [0.05, 0.1) is 5.69 Å². The van der Waals surface area contributed by atoms with Crippen molar-refractivity contribution in [2.45, 2.75) is 6.92 Å². The van der Waals surface area contributed by atoms with Crippen molar-refractivity contribution in [1.29, 1.82) is 0 Å². The van der Waals surface area contributed by atoms with Crippen LogP contribution in [0.2, 0.25) is 0 Å². The number of aromatic nitrogens is 3. The molecular formula is C19H13FN4O2S. The number of anilines is 1. The summed E-state index contributed by atoms with van der Waals surface area (Å²) in [5, 5.41) is 8.96. The molecule has 0 saturated heterocycles. The molecule has 0 fully saturated rings. The van der Waals surface area contributed by atoms with Crippen molar-refractivity contribution in [3.8, 4) is 22.6 Å². The van der Waals surface area contributed by atoms with E-state index in [4.69, 9.17) is 4.52 Å². The fourth-order valence-corrected chi connectivity index (χ4v) is 3.27. The zero-order valence-corrected chi connectivity index (χ0v) is 15.0. The summed E-state index contributed by atoms with van der Waals surface area (Å²) in [6, 6.07) is 11.2. The van der Waals surface area contributed by atoms with Crippen LogP contribution in [-0.4, -0.2) is 21.0 Å².